The van der Waals surface area contributed by atoms with Gasteiger partial charge in [0.05, 0.1) is 6.61 Å². The number of aromatic nitrogens is 1. The Balaban J connectivity index is 0.00000300. The minimum atomic E-state index is -0.278. The number of hydrogen-bond donors (Lipinski definition) is 2. The van der Waals surface area contributed by atoms with E-state index in [1.54, 1.807) is 19.3 Å². The van der Waals surface area contributed by atoms with E-state index in [1.165, 1.54) is 11.6 Å². The summed E-state index contributed by atoms with van der Waals surface area (Å²) in [5.74, 6) is 1.78. The molecule has 1 aromatic carbocycles. The number of nitrogens with zero attached hydrogens (tertiary/aromatic N) is 3. The topological polar surface area (TPSA) is 61.8 Å². The lowest BCUT2D eigenvalue weighted by Crippen LogP contribution is -2.45. The van der Waals surface area contributed by atoms with Crippen LogP contribution in [0.25, 0.3) is 0 Å². The Hall–Kier alpha value is -2.10. The van der Waals surface area contributed by atoms with Crippen LogP contribution in [-0.4, -0.2) is 50.3 Å². The van der Waals surface area contributed by atoms with E-state index < -0.39 is 0 Å². The van der Waals surface area contributed by atoms with E-state index in [1.807, 2.05) is 29.2 Å². The molecule has 0 bridgehead atoms. The maximum atomic E-state index is 13.9. The third kappa shape index (κ3) is 7.02. The minimum absolute atomic E-state index is 0. The molecule has 2 aromatic rings. The minimum Gasteiger partial charge on any atom is -0.494 e. The molecule has 8 heteroatoms. The molecule has 1 aliphatic heterocycles. The number of guanidine groups is 1. The van der Waals surface area contributed by atoms with Crippen molar-refractivity contribution in [3.63, 3.8) is 0 Å². The fraction of sp³-hybridized carbons (Fsp3) is 0.429. The van der Waals surface area contributed by atoms with Gasteiger partial charge in [-0.25, -0.2) is 9.37 Å². The number of ether oxygens (including phenoxy) is 1. The number of rotatable bonds is 7. The molecule has 0 spiro atoms. The normalized spacial score (nSPS) is 16.3. The van der Waals surface area contributed by atoms with E-state index in [9.17, 15) is 4.39 Å². The molecule has 3 rings (SSSR count). The van der Waals surface area contributed by atoms with Gasteiger partial charge in [-0.05, 0) is 44.0 Å². The van der Waals surface area contributed by atoms with Crippen LogP contribution in [-0.2, 0) is 0 Å². The molecule has 29 heavy (non-hydrogen) atoms. The largest absolute Gasteiger partial charge is 0.494 e. The van der Waals surface area contributed by atoms with Crippen molar-refractivity contribution < 1.29 is 9.13 Å². The summed E-state index contributed by atoms with van der Waals surface area (Å²) in [4.78, 5) is 10.4. The van der Waals surface area contributed by atoms with Crippen molar-refractivity contribution in [3.05, 3.63) is 54.0 Å². The van der Waals surface area contributed by atoms with Gasteiger partial charge in [-0.15, -0.1) is 24.0 Å². The van der Waals surface area contributed by atoms with Gasteiger partial charge in [0.15, 0.2) is 17.6 Å². The van der Waals surface area contributed by atoms with Gasteiger partial charge in [0.25, 0.3) is 0 Å². The second-order valence-corrected chi connectivity index (χ2v) is 6.90. The zero-order chi connectivity index (χ0) is 19.8. The molecule has 0 radical (unpaired) electrons. The summed E-state index contributed by atoms with van der Waals surface area (Å²) in [7, 11) is 1.75. The third-order valence-corrected chi connectivity index (χ3v) is 4.69. The predicted molar refractivity (Wildman–Crippen MR) is 126 cm³/mol. The summed E-state index contributed by atoms with van der Waals surface area (Å²) in [5.41, 5.74) is 1.22. The molecule has 1 fully saturated rings. The van der Waals surface area contributed by atoms with Gasteiger partial charge >= 0.3 is 0 Å². The van der Waals surface area contributed by atoms with Gasteiger partial charge in [0.1, 0.15) is 5.75 Å². The van der Waals surface area contributed by atoms with E-state index in [0.29, 0.717) is 19.0 Å². The summed E-state index contributed by atoms with van der Waals surface area (Å²) in [6, 6.07) is 11.3. The van der Waals surface area contributed by atoms with Crippen molar-refractivity contribution in [3.8, 4) is 5.75 Å². The molecular formula is C21H29FIN5O. The van der Waals surface area contributed by atoms with Crippen molar-refractivity contribution in [2.24, 2.45) is 4.99 Å². The maximum Gasteiger partial charge on any atom is 0.191 e. The number of benzene rings is 1. The quantitative estimate of drug-likeness (QED) is 0.258. The molecule has 2 N–H and O–H groups in total. The highest BCUT2D eigenvalue weighted by Crippen LogP contribution is 2.20. The molecule has 2 heterocycles. The average Bonchev–Trinajstić information content (AvgIpc) is 3.17. The Morgan fingerprint density at radius 1 is 1.31 bits per heavy atom. The number of halogens is 2. The summed E-state index contributed by atoms with van der Waals surface area (Å²) in [6.45, 7) is 4.93. The number of aryl methyl sites for hydroxylation is 1. The van der Waals surface area contributed by atoms with Crippen LogP contribution in [0.1, 0.15) is 18.4 Å². The zero-order valence-corrected chi connectivity index (χ0v) is 19.2. The molecule has 0 aliphatic carbocycles. The number of aliphatic imine (C=N–C) groups is 1. The van der Waals surface area contributed by atoms with Crippen LogP contribution in [0.3, 0.4) is 0 Å². The molecule has 1 aliphatic rings. The molecule has 1 atom stereocenters. The summed E-state index contributed by atoms with van der Waals surface area (Å²) in [6.07, 6.45) is 3.40. The maximum absolute atomic E-state index is 13.9. The van der Waals surface area contributed by atoms with Gasteiger partial charge in [-0.3, -0.25) is 4.99 Å². The highest BCUT2D eigenvalue weighted by atomic mass is 127. The van der Waals surface area contributed by atoms with Crippen LogP contribution in [0.15, 0.2) is 47.6 Å². The van der Waals surface area contributed by atoms with Gasteiger partial charge < -0.3 is 20.3 Å². The van der Waals surface area contributed by atoms with Crippen molar-refractivity contribution in [1.82, 2.24) is 15.6 Å². The van der Waals surface area contributed by atoms with Crippen molar-refractivity contribution in [2.45, 2.75) is 25.8 Å². The Labute approximate surface area is 189 Å². The first-order valence-corrected chi connectivity index (χ1v) is 9.68. The SMILES string of the molecule is CN=C(NCCCOc1ccc(C)cc1)NC1CCN(c2ncccc2F)C1.I. The van der Waals surface area contributed by atoms with Gasteiger partial charge in [-0.1, -0.05) is 17.7 Å². The van der Waals surface area contributed by atoms with Crippen LogP contribution in [0.5, 0.6) is 5.75 Å². The molecule has 0 amide bonds. The molecular weight excluding hydrogens is 484 g/mol. The molecule has 158 valence electrons. The van der Waals surface area contributed by atoms with E-state index in [4.69, 9.17) is 4.74 Å². The van der Waals surface area contributed by atoms with E-state index in [0.717, 1.165) is 37.6 Å². The summed E-state index contributed by atoms with van der Waals surface area (Å²) >= 11 is 0. The van der Waals surface area contributed by atoms with Crippen LogP contribution < -0.4 is 20.3 Å². The highest BCUT2D eigenvalue weighted by molar-refractivity contribution is 14.0. The highest BCUT2D eigenvalue weighted by Gasteiger charge is 2.25. The van der Waals surface area contributed by atoms with Crippen molar-refractivity contribution in [2.75, 3.05) is 38.2 Å². The van der Waals surface area contributed by atoms with E-state index in [2.05, 4.69) is 27.5 Å². The van der Waals surface area contributed by atoms with Crippen molar-refractivity contribution in [1.29, 1.82) is 0 Å². The monoisotopic (exact) mass is 513 g/mol. The fourth-order valence-corrected chi connectivity index (χ4v) is 3.17. The lowest BCUT2D eigenvalue weighted by Gasteiger charge is -2.20. The number of anilines is 1. The predicted octanol–water partition coefficient (Wildman–Crippen LogP) is 3.36. The smallest absolute Gasteiger partial charge is 0.191 e. The van der Waals surface area contributed by atoms with Gasteiger partial charge in [0, 0.05) is 38.9 Å². The second kappa shape index (κ2) is 11.8. The molecule has 1 aromatic heterocycles. The first-order chi connectivity index (χ1) is 13.7. The second-order valence-electron chi connectivity index (χ2n) is 6.90. The van der Waals surface area contributed by atoms with Gasteiger partial charge in [0.2, 0.25) is 0 Å². The fourth-order valence-electron chi connectivity index (χ4n) is 3.17. The molecule has 6 nitrogen and oxygen atoms in total. The summed E-state index contributed by atoms with van der Waals surface area (Å²) < 4.78 is 19.6. The molecule has 1 unspecified atom stereocenters. The van der Waals surface area contributed by atoms with E-state index >= 15 is 0 Å². The lowest BCUT2D eigenvalue weighted by molar-refractivity contribution is 0.311. The molecule has 1 saturated heterocycles. The zero-order valence-electron chi connectivity index (χ0n) is 16.9. The third-order valence-electron chi connectivity index (χ3n) is 4.69. The average molecular weight is 513 g/mol. The first-order valence-electron chi connectivity index (χ1n) is 9.68. The van der Waals surface area contributed by atoms with Crippen LogP contribution in [0.4, 0.5) is 10.2 Å². The Morgan fingerprint density at radius 3 is 2.83 bits per heavy atom. The number of nitrogens with one attached hydrogen (secondary N) is 2. The first kappa shape index (κ1) is 23.2. The Kier molecular flexibility index (Phi) is 9.43. The summed E-state index contributed by atoms with van der Waals surface area (Å²) in [5, 5.41) is 6.71. The molecule has 0 saturated carbocycles. The van der Waals surface area contributed by atoms with E-state index in [-0.39, 0.29) is 35.8 Å². The van der Waals surface area contributed by atoms with Crippen LogP contribution in [0, 0.1) is 12.7 Å². The standard InChI is InChI=1S/C21H28FN5O.HI/c1-16-6-8-18(9-7-16)28-14-4-12-25-21(23-2)26-17-10-13-27(15-17)20-19(22)5-3-11-24-20;/h3,5-9,11,17H,4,10,12-15H2,1-2H3,(H2,23,25,26);1H. The van der Waals surface area contributed by atoms with Crippen LogP contribution in [0.2, 0.25) is 0 Å². The van der Waals surface area contributed by atoms with Gasteiger partial charge in [-0.2, -0.15) is 0 Å². The van der Waals surface area contributed by atoms with Crippen LogP contribution >= 0.6 is 24.0 Å². The lowest BCUT2D eigenvalue weighted by atomic mass is 10.2. The number of hydrogen-bond acceptors (Lipinski definition) is 4. The van der Waals surface area contributed by atoms with Crippen molar-refractivity contribution >= 4 is 35.8 Å². The Morgan fingerprint density at radius 2 is 2.10 bits per heavy atom. The Bertz CT molecular complexity index is 787. The number of pyridine rings is 1.